The van der Waals surface area contributed by atoms with Crippen molar-refractivity contribution in [2.45, 2.75) is 64.2 Å². The van der Waals surface area contributed by atoms with Gasteiger partial charge in [-0.25, -0.2) is 9.97 Å². The van der Waals surface area contributed by atoms with Crippen LogP contribution in [0.1, 0.15) is 64.2 Å². The van der Waals surface area contributed by atoms with Gasteiger partial charge < -0.3 is 18.9 Å². The predicted octanol–water partition coefficient (Wildman–Crippen LogP) is 10.7. The number of allylic oxidation sites excluding steroid dienone is 3. The van der Waals surface area contributed by atoms with E-state index in [1.54, 1.807) is 0 Å². The molecule has 2 aliphatic rings. The lowest BCUT2D eigenvalue weighted by Crippen LogP contribution is -2.04. The third-order valence-electron chi connectivity index (χ3n) is 8.95. The molecule has 48 heavy (non-hydrogen) atoms. The van der Waals surface area contributed by atoms with Crippen LogP contribution in [0, 0.1) is 0 Å². The molecule has 246 valence electrons. The summed E-state index contributed by atoms with van der Waals surface area (Å²) in [4.78, 5) is 10.6. The Morgan fingerprint density at radius 1 is 0.375 bits per heavy atom. The van der Waals surface area contributed by atoms with Gasteiger partial charge in [-0.15, -0.1) is 0 Å². The highest BCUT2D eigenvalue weighted by Crippen LogP contribution is 2.41. The van der Waals surface area contributed by atoms with E-state index in [9.17, 15) is 0 Å². The molecule has 0 saturated carbocycles. The van der Waals surface area contributed by atoms with Crippen molar-refractivity contribution in [2.24, 2.45) is 0 Å². The summed E-state index contributed by atoms with van der Waals surface area (Å²) in [7, 11) is 0. The molecule has 6 heteroatoms. The maximum atomic E-state index is 6.47. The molecule has 6 nitrogen and oxygen atoms in total. The summed E-state index contributed by atoms with van der Waals surface area (Å²) in [5.74, 6) is 3.16. The highest BCUT2D eigenvalue weighted by Gasteiger charge is 2.19. The van der Waals surface area contributed by atoms with Crippen LogP contribution >= 0.6 is 0 Å². The van der Waals surface area contributed by atoms with Crippen LogP contribution in [-0.2, 0) is 0 Å². The second-order valence-electron chi connectivity index (χ2n) is 12.5. The topological polar surface area (TPSA) is 62.7 Å². The Morgan fingerprint density at radius 2 is 0.750 bits per heavy atom. The molecule has 0 fully saturated rings. The number of nitrogens with zero attached hydrogens (tertiary/aromatic N) is 2. The van der Waals surface area contributed by atoms with Crippen molar-refractivity contribution in [1.82, 2.24) is 9.97 Å². The van der Waals surface area contributed by atoms with Gasteiger partial charge in [0, 0.05) is 10.8 Å². The molecule has 7 rings (SSSR count). The van der Waals surface area contributed by atoms with Crippen LogP contribution in [0.3, 0.4) is 0 Å². The fourth-order valence-electron chi connectivity index (χ4n) is 6.40. The molecule has 0 atom stereocenters. The first kappa shape index (κ1) is 31.7. The lowest BCUT2D eigenvalue weighted by atomic mass is 10.0. The van der Waals surface area contributed by atoms with Crippen molar-refractivity contribution in [1.29, 1.82) is 0 Å². The van der Waals surface area contributed by atoms with Crippen LogP contribution in [0.5, 0.6) is 23.0 Å². The van der Waals surface area contributed by atoms with Gasteiger partial charge >= 0.3 is 0 Å². The van der Waals surface area contributed by atoms with Crippen molar-refractivity contribution in [2.75, 3.05) is 26.4 Å². The van der Waals surface area contributed by atoms with E-state index >= 15 is 0 Å². The summed E-state index contributed by atoms with van der Waals surface area (Å²) in [6, 6.07) is 24.8. The molecule has 2 aliphatic heterocycles. The Bertz CT molecular complexity index is 1910. The minimum absolute atomic E-state index is 0.574. The molecule has 0 amide bonds. The number of hydrogen-bond donors (Lipinski definition) is 0. The van der Waals surface area contributed by atoms with Crippen LogP contribution in [-0.4, -0.2) is 36.4 Å². The normalized spacial score (nSPS) is 17.8. The standard InChI is InChI=1S/C42H44N2O4/c1-2-4-8-12-28-46-36-18-16-20-38-40(36)34-26-24-32-22-21-31-23-25-33(43-41(31)42(32)44-34)39-35(45-27-11-7-3-1)17-15-19-37(39)47-29-13-9-5-6-10-14-30-48-38/h1-2,5,9,15-26H,3-4,6-8,10-14,27-30H2/b2-1+,9-5+. The minimum atomic E-state index is 0.574. The first-order valence-electron chi connectivity index (χ1n) is 17.6. The number of aromatic nitrogens is 2. The fourth-order valence-corrected chi connectivity index (χ4v) is 6.40. The van der Waals surface area contributed by atoms with E-state index in [0.717, 1.165) is 132 Å². The molecular weight excluding hydrogens is 596 g/mol. The van der Waals surface area contributed by atoms with E-state index in [-0.39, 0.29) is 0 Å². The first-order valence-corrected chi connectivity index (χ1v) is 17.6. The summed E-state index contributed by atoms with van der Waals surface area (Å²) in [5.41, 5.74) is 5.04. The molecular formula is C42H44N2O4. The quantitative estimate of drug-likeness (QED) is 0.124. The van der Waals surface area contributed by atoms with E-state index in [4.69, 9.17) is 28.9 Å². The summed E-state index contributed by atoms with van der Waals surface area (Å²) in [5, 5.41) is 2.04. The molecule has 0 unspecified atom stereocenters. The number of benzene rings is 3. The van der Waals surface area contributed by atoms with Crippen LogP contribution < -0.4 is 18.9 Å². The largest absolute Gasteiger partial charge is 0.493 e. The Hall–Kier alpha value is -4.84. The number of pyridine rings is 2. The van der Waals surface area contributed by atoms with Gasteiger partial charge in [0.25, 0.3) is 0 Å². The van der Waals surface area contributed by atoms with E-state index in [1.165, 1.54) is 0 Å². The molecule has 0 saturated heterocycles. The average Bonchev–Trinajstić information content (AvgIpc) is 3.11. The lowest BCUT2D eigenvalue weighted by molar-refractivity contribution is 0.294. The zero-order chi connectivity index (χ0) is 32.4. The second kappa shape index (κ2) is 15.8. The number of rotatable bonds is 0. The van der Waals surface area contributed by atoms with Gasteiger partial charge in [-0.05, 0) is 101 Å². The minimum Gasteiger partial charge on any atom is -0.493 e. The third-order valence-corrected chi connectivity index (χ3v) is 8.95. The van der Waals surface area contributed by atoms with Gasteiger partial charge in [-0.2, -0.15) is 0 Å². The van der Waals surface area contributed by atoms with Crippen molar-refractivity contribution >= 4 is 21.8 Å². The Labute approximate surface area is 283 Å². The smallest absolute Gasteiger partial charge is 0.132 e. The molecule has 2 aromatic heterocycles. The van der Waals surface area contributed by atoms with Crippen LogP contribution in [0.15, 0.2) is 97.1 Å². The summed E-state index contributed by atoms with van der Waals surface area (Å²) < 4.78 is 25.8. The Balaban J connectivity index is 1.41. The van der Waals surface area contributed by atoms with Crippen molar-refractivity contribution in [3.05, 3.63) is 97.1 Å². The van der Waals surface area contributed by atoms with Crippen LogP contribution in [0.4, 0.5) is 0 Å². The first-order chi connectivity index (χ1) is 23.8. The van der Waals surface area contributed by atoms with Gasteiger partial charge in [0.05, 0.1) is 60.0 Å². The van der Waals surface area contributed by atoms with Crippen LogP contribution in [0.25, 0.3) is 44.3 Å². The van der Waals surface area contributed by atoms with E-state index in [2.05, 4.69) is 60.7 Å². The summed E-state index contributed by atoms with van der Waals surface area (Å²) in [6.45, 7) is 2.47. The summed E-state index contributed by atoms with van der Waals surface area (Å²) in [6.07, 6.45) is 19.1. The van der Waals surface area contributed by atoms with Crippen molar-refractivity contribution in [3.63, 3.8) is 0 Å². The molecule has 0 N–H and O–H groups in total. The zero-order valence-corrected chi connectivity index (χ0v) is 27.7. The molecule has 0 aliphatic carbocycles. The highest BCUT2D eigenvalue weighted by atomic mass is 16.5. The third kappa shape index (κ3) is 7.49. The molecule has 0 spiro atoms. The van der Waals surface area contributed by atoms with E-state index in [1.807, 2.05) is 36.4 Å². The second-order valence-corrected chi connectivity index (χ2v) is 12.5. The van der Waals surface area contributed by atoms with Crippen molar-refractivity contribution < 1.29 is 18.9 Å². The van der Waals surface area contributed by atoms with Crippen molar-refractivity contribution in [3.8, 4) is 45.5 Å². The maximum Gasteiger partial charge on any atom is 0.132 e. The zero-order valence-electron chi connectivity index (χ0n) is 27.7. The monoisotopic (exact) mass is 640 g/mol. The van der Waals surface area contributed by atoms with E-state index in [0.29, 0.717) is 26.4 Å². The Kier molecular flexibility index (Phi) is 10.5. The Morgan fingerprint density at radius 3 is 1.19 bits per heavy atom. The maximum absolute atomic E-state index is 6.47. The van der Waals surface area contributed by atoms with Gasteiger partial charge in [0.1, 0.15) is 23.0 Å². The average molecular weight is 641 g/mol. The van der Waals surface area contributed by atoms with Gasteiger partial charge in [0.15, 0.2) is 0 Å². The van der Waals surface area contributed by atoms with Gasteiger partial charge in [-0.1, -0.05) is 60.7 Å². The number of ether oxygens (including phenoxy) is 4. The lowest BCUT2D eigenvalue weighted by Gasteiger charge is -2.18. The van der Waals surface area contributed by atoms with E-state index < -0.39 is 0 Å². The predicted molar refractivity (Wildman–Crippen MR) is 194 cm³/mol. The fraction of sp³-hybridized carbons (Fsp3) is 0.333. The molecule has 5 aromatic rings. The molecule has 4 heterocycles. The summed E-state index contributed by atoms with van der Waals surface area (Å²) >= 11 is 0. The highest BCUT2D eigenvalue weighted by molar-refractivity contribution is 6.04. The SMILES string of the molecule is C1=C/CCCCOc2cccc3c2-c2ccc4ccc5ccc(nc5c4n2)-c2c(cccc2OCCCC/1)OCC/C=C/CCCCO3. The van der Waals surface area contributed by atoms with Crippen LogP contribution in [0.2, 0.25) is 0 Å². The molecule has 6 bridgehead atoms. The van der Waals surface area contributed by atoms with Gasteiger partial charge in [0.2, 0.25) is 0 Å². The molecule has 0 radical (unpaired) electrons. The molecule has 3 aromatic carbocycles. The van der Waals surface area contributed by atoms with Gasteiger partial charge in [-0.3, -0.25) is 0 Å². The number of hydrogen-bond acceptors (Lipinski definition) is 6.